The van der Waals surface area contributed by atoms with Crippen LogP contribution in [0.4, 0.5) is 0 Å². The fraction of sp³-hybridized carbons (Fsp3) is 0.200. The molecule has 0 saturated carbocycles. The Kier molecular flexibility index (Phi) is 5.69. The number of aromatic amines is 1. The molecular weight excluding hydrogens is 360 g/mol. The van der Waals surface area contributed by atoms with Crippen molar-refractivity contribution < 1.29 is 14.3 Å². The Morgan fingerprint density at radius 3 is 2.50 bits per heavy atom. The highest BCUT2D eigenvalue weighted by atomic mass is 16.5. The number of hydrogen-bond donors (Lipinski definition) is 3. The van der Waals surface area contributed by atoms with Gasteiger partial charge in [-0.25, -0.2) is 5.10 Å². The first-order valence-electron chi connectivity index (χ1n) is 8.76. The summed E-state index contributed by atoms with van der Waals surface area (Å²) in [5.41, 5.74) is 4.60. The fourth-order valence-corrected chi connectivity index (χ4v) is 2.52. The lowest BCUT2D eigenvalue weighted by atomic mass is 10.1. The van der Waals surface area contributed by atoms with Gasteiger partial charge in [0.2, 0.25) is 0 Å². The minimum atomic E-state index is -0.645. The molecule has 1 heterocycles. The van der Waals surface area contributed by atoms with Crippen LogP contribution >= 0.6 is 0 Å². The van der Waals surface area contributed by atoms with Gasteiger partial charge in [-0.2, -0.15) is 5.10 Å². The van der Waals surface area contributed by atoms with E-state index in [1.165, 1.54) is 0 Å². The Balaban J connectivity index is 1.70. The molecule has 1 aromatic heterocycles. The second-order valence-electron chi connectivity index (χ2n) is 6.59. The van der Waals surface area contributed by atoms with E-state index in [0.29, 0.717) is 34.6 Å². The summed E-state index contributed by atoms with van der Waals surface area (Å²) in [6, 6.07) is 13.3. The minimum absolute atomic E-state index is 0.00418. The molecule has 0 aliphatic rings. The monoisotopic (exact) mass is 380 g/mol. The third kappa shape index (κ3) is 4.35. The maximum absolute atomic E-state index is 12.4. The van der Waals surface area contributed by atoms with Gasteiger partial charge < -0.3 is 4.74 Å². The number of carbonyl (C=O) groups excluding carboxylic acids is 2. The molecule has 0 saturated heterocycles. The number of hydrazine groups is 1. The number of carbonyl (C=O) groups is 2. The minimum Gasteiger partial charge on any atom is -0.493 e. The van der Waals surface area contributed by atoms with Crippen molar-refractivity contribution in [3.8, 4) is 5.75 Å². The van der Waals surface area contributed by atoms with Crippen LogP contribution in [0, 0.1) is 5.92 Å². The van der Waals surface area contributed by atoms with E-state index in [9.17, 15) is 14.4 Å². The molecule has 3 N–H and O–H groups in total. The molecule has 3 rings (SSSR count). The van der Waals surface area contributed by atoms with E-state index >= 15 is 0 Å². The van der Waals surface area contributed by atoms with E-state index < -0.39 is 17.4 Å². The van der Waals surface area contributed by atoms with Crippen LogP contribution in [0.2, 0.25) is 0 Å². The van der Waals surface area contributed by atoms with Crippen molar-refractivity contribution in [1.29, 1.82) is 0 Å². The quantitative estimate of drug-likeness (QED) is 0.586. The maximum Gasteiger partial charge on any atom is 0.290 e. The van der Waals surface area contributed by atoms with Gasteiger partial charge in [0.1, 0.15) is 5.75 Å². The summed E-state index contributed by atoms with van der Waals surface area (Å²) in [6.07, 6.45) is 0. The molecule has 0 aliphatic carbocycles. The van der Waals surface area contributed by atoms with Crippen molar-refractivity contribution in [2.45, 2.75) is 13.8 Å². The number of benzene rings is 2. The molecule has 3 aromatic rings. The third-order valence-electron chi connectivity index (χ3n) is 3.88. The number of fused-ring (bicyclic) bond motifs is 1. The highest BCUT2D eigenvalue weighted by molar-refractivity contribution is 6.05. The van der Waals surface area contributed by atoms with Gasteiger partial charge in [0.05, 0.1) is 12.0 Å². The highest BCUT2D eigenvalue weighted by Crippen LogP contribution is 2.14. The van der Waals surface area contributed by atoms with E-state index in [4.69, 9.17) is 4.74 Å². The van der Waals surface area contributed by atoms with Crippen LogP contribution in [0.1, 0.15) is 34.7 Å². The lowest BCUT2D eigenvalue weighted by Crippen LogP contribution is -2.42. The van der Waals surface area contributed by atoms with Gasteiger partial charge >= 0.3 is 0 Å². The average molecular weight is 380 g/mol. The molecule has 0 aliphatic heterocycles. The van der Waals surface area contributed by atoms with Gasteiger partial charge in [-0.05, 0) is 30.2 Å². The number of nitrogens with zero attached hydrogens (tertiary/aromatic N) is 1. The van der Waals surface area contributed by atoms with Crippen LogP contribution in [-0.2, 0) is 0 Å². The zero-order valence-corrected chi connectivity index (χ0v) is 15.5. The average Bonchev–Trinajstić information content (AvgIpc) is 2.71. The molecule has 0 atom stereocenters. The molecule has 28 heavy (non-hydrogen) atoms. The third-order valence-corrected chi connectivity index (χ3v) is 3.88. The van der Waals surface area contributed by atoms with Crippen LogP contribution in [-0.4, -0.2) is 28.6 Å². The largest absolute Gasteiger partial charge is 0.493 e. The topological polar surface area (TPSA) is 113 Å². The van der Waals surface area contributed by atoms with Gasteiger partial charge in [0.25, 0.3) is 17.4 Å². The number of H-pyrrole nitrogens is 1. The molecule has 0 fully saturated rings. The second-order valence-corrected chi connectivity index (χ2v) is 6.59. The molecule has 8 heteroatoms. The summed E-state index contributed by atoms with van der Waals surface area (Å²) in [7, 11) is 0. The number of aromatic nitrogens is 2. The Labute approximate surface area is 160 Å². The van der Waals surface area contributed by atoms with Crippen molar-refractivity contribution in [3.05, 3.63) is 70.1 Å². The molecule has 0 bridgehead atoms. The van der Waals surface area contributed by atoms with Crippen molar-refractivity contribution in [1.82, 2.24) is 21.0 Å². The predicted molar refractivity (Wildman–Crippen MR) is 104 cm³/mol. The van der Waals surface area contributed by atoms with Crippen LogP contribution in [0.25, 0.3) is 10.8 Å². The first kappa shape index (κ1) is 19.1. The number of amides is 2. The normalized spacial score (nSPS) is 10.7. The summed E-state index contributed by atoms with van der Waals surface area (Å²) < 4.78 is 5.60. The van der Waals surface area contributed by atoms with Gasteiger partial charge in [-0.1, -0.05) is 38.1 Å². The summed E-state index contributed by atoms with van der Waals surface area (Å²) in [5.74, 6) is -0.220. The highest BCUT2D eigenvalue weighted by Gasteiger charge is 2.15. The molecule has 8 nitrogen and oxygen atoms in total. The van der Waals surface area contributed by atoms with Crippen molar-refractivity contribution >= 4 is 22.6 Å². The lowest BCUT2D eigenvalue weighted by molar-refractivity contribution is 0.0844. The van der Waals surface area contributed by atoms with Gasteiger partial charge in [-0.3, -0.25) is 25.2 Å². The van der Waals surface area contributed by atoms with E-state index in [2.05, 4.69) is 21.0 Å². The standard InChI is InChI=1S/C20H20N4O4/c1-12(2)11-28-14-7-5-6-13(10-14)18(25)22-24-20(27)17-15-8-3-4-9-16(15)19(26)23-21-17/h3-10,12H,11H2,1-2H3,(H,22,25)(H,23,26)(H,24,27). The number of rotatable bonds is 5. The van der Waals surface area contributed by atoms with E-state index in [1.807, 2.05) is 13.8 Å². The predicted octanol–water partition coefficient (Wildman–Crippen LogP) is 2.03. The Bertz CT molecular complexity index is 1070. The molecule has 0 radical (unpaired) electrons. The fourth-order valence-electron chi connectivity index (χ4n) is 2.52. The van der Waals surface area contributed by atoms with Crippen molar-refractivity contribution in [2.75, 3.05) is 6.61 Å². The van der Waals surface area contributed by atoms with Crippen molar-refractivity contribution in [3.63, 3.8) is 0 Å². The smallest absolute Gasteiger partial charge is 0.290 e. The molecule has 0 spiro atoms. The number of nitrogens with one attached hydrogen (secondary N) is 3. The molecule has 144 valence electrons. The van der Waals surface area contributed by atoms with E-state index in [0.717, 1.165) is 0 Å². The molecule has 2 amide bonds. The molecular formula is C20H20N4O4. The summed E-state index contributed by atoms with van der Waals surface area (Å²) >= 11 is 0. The zero-order valence-electron chi connectivity index (χ0n) is 15.5. The van der Waals surface area contributed by atoms with Crippen molar-refractivity contribution in [2.24, 2.45) is 5.92 Å². The SMILES string of the molecule is CC(C)COc1cccc(C(=O)NNC(=O)c2n[nH]c(=O)c3ccccc23)c1. The summed E-state index contributed by atoms with van der Waals surface area (Å²) in [4.78, 5) is 36.5. The lowest BCUT2D eigenvalue weighted by Gasteiger charge is -2.11. The van der Waals surface area contributed by atoms with Crippen LogP contribution in [0.5, 0.6) is 5.75 Å². The first-order valence-corrected chi connectivity index (χ1v) is 8.76. The molecule has 2 aromatic carbocycles. The van der Waals surface area contributed by atoms with Crippen LogP contribution in [0.3, 0.4) is 0 Å². The van der Waals surface area contributed by atoms with Gasteiger partial charge in [-0.15, -0.1) is 0 Å². The maximum atomic E-state index is 12.4. The Morgan fingerprint density at radius 1 is 1.04 bits per heavy atom. The van der Waals surface area contributed by atoms with E-state index in [-0.39, 0.29) is 5.69 Å². The first-order chi connectivity index (χ1) is 13.5. The Hall–Kier alpha value is -3.68. The molecule has 0 unspecified atom stereocenters. The second kappa shape index (κ2) is 8.34. The van der Waals surface area contributed by atoms with E-state index in [1.54, 1.807) is 48.5 Å². The Morgan fingerprint density at radius 2 is 1.75 bits per heavy atom. The zero-order chi connectivity index (χ0) is 20.1. The van der Waals surface area contributed by atoms with Crippen LogP contribution < -0.4 is 21.1 Å². The van der Waals surface area contributed by atoms with Crippen LogP contribution in [0.15, 0.2) is 53.3 Å². The van der Waals surface area contributed by atoms with Gasteiger partial charge in [0, 0.05) is 10.9 Å². The number of hydrogen-bond acceptors (Lipinski definition) is 5. The summed E-state index contributed by atoms with van der Waals surface area (Å²) in [6.45, 7) is 4.59. The summed E-state index contributed by atoms with van der Waals surface area (Å²) in [5, 5.41) is 6.80. The number of ether oxygens (including phenoxy) is 1. The van der Waals surface area contributed by atoms with Gasteiger partial charge in [0.15, 0.2) is 5.69 Å².